The fourth-order valence-corrected chi connectivity index (χ4v) is 2.84. The molecule has 1 atom stereocenters. The van der Waals surface area contributed by atoms with Crippen LogP contribution in [0.25, 0.3) is 0 Å². The van der Waals surface area contributed by atoms with Gasteiger partial charge in [-0.3, -0.25) is 4.79 Å². The molecule has 1 fully saturated rings. The third-order valence-corrected chi connectivity index (χ3v) is 4.24. The van der Waals surface area contributed by atoms with Crippen LogP contribution < -0.4 is 9.47 Å². The van der Waals surface area contributed by atoms with Gasteiger partial charge in [0.05, 0.1) is 20.8 Å². The first-order valence-electron chi connectivity index (χ1n) is 7.96. The van der Waals surface area contributed by atoms with Gasteiger partial charge in [0.1, 0.15) is 30.0 Å². The summed E-state index contributed by atoms with van der Waals surface area (Å²) in [7, 11) is 3.17. The van der Waals surface area contributed by atoms with Crippen molar-refractivity contribution in [2.75, 3.05) is 27.4 Å². The lowest BCUT2D eigenvalue weighted by Gasteiger charge is -2.33. The van der Waals surface area contributed by atoms with Crippen LogP contribution in [0.1, 0.15) is 17.2 Å². The second-order valence-electron chi connectivity index (χ2n) is 5.80. The van der Waals surface area contributed by atoms with Crippen molar-refractivity contribution in [2.24, 2.45) is 0 Å². The molecule has 2 aromatic carbocycles. The number of carbonyl (C=O) groups is 1. The van der Waals surface area contributed by atoms with Gasteiger partial charge in [0, 0.05) is 18.2 Å². The first-order chi connectivity index (χ1) is 12.1. The predicted molar refractivity (Wildman–Crippen MR) is 90.1 cm³/mol. The van der Waals surface area contributed by atoms with Gasteiger partial charge in [-0.25, -0.2) is 4.39 Å². The zero-order chi connectivity index (χ0) is 17.8. The summed E-state index contributed by atoms with van der Waals surface area (Å²) in [5.74, 6) is 0.974. The molecule has 1 amide bonds. The Bertz CT molecular complexity index is 748. The van der Waals surface area contributed by atoms with Crippen LogP contribution in [0.5, 0.6) is 11.5 Å². The van der Waals surface area contributed by atoms with Gasteiger partial charge < -0.3 is 19.1 Å². The van der Waals surface area contributed by atoms with Crippen LogP contribution in [-0.4, -0.2) is 38.2 Å². The number of morpholine rings is 1. The van der Waals surface area contributed by atoms with Crippen LogP contribution in [0.15, 0.2) is 42.5 Å². The molecule has 0 bridgehead atoms. The van der Waals surface area contributed by atoms with E-state index in [4.69, 9.17) is 14.2 Å². The summed E-state index contributed by atoms with van der Waals surface area (Å²) < 4.78 is 29.3. The third-order valence-electron chi connectivity index (χ3n) is 4.24. The third kappa shape index (κ3) is 3.91. The van der Waals surface area contributed by atoms with Gasteiger partial charge in [0.25, 0.3) is 0 Å². The molecule has 3 rings (SSSR count). The fraction of sp³-hybridized carbons (Fsp3) is 0.316. The molecule has 1 heterocycles. The zero-order valence-corrected chi connectivity index (χ0v) is 14.2. The number of amides is 1. The van der Waals surface area contributed by atoms with Crippen LogP contribution in [0, 0.1) is 5.82 Å². The van der Waals surface area contributed by atoms with Gasteiger partial charge >= 0.3 is 0 Å². The van der Waals surface area contributed by atoms with E-state index in [2.05, 4.69) is 0 Å². The maximum absolute atomic E-state index is 13.1. The molecule has 0 aromatic heterocycles. The van der Waals surface area contributed by atoms with E-state index >= 15 is 0 Å². The number of ether oxygens (including phenoxy) is 3. The molecule has 2 aromatic rings. The summed E-state index contributed by atoms with van der Waals surface area (Å²) in [5, 5.41) is 0. The van der Waals surface area contributed by atoms with Crippen molar-refractivity contribution in [1.29, 1.82) is 0 Å². The first-order valence-corrected chi connectivity index (χ1v) is 7.96. The van der Waals surface area contributed by atoms with Gasteiger partial charge in [0.15, 0.2) is 0 Å². The molecule has 5 nitrogen and oxygen atoms in total. The second kappa shape index (κ2) is 7.53. The highest BCUT2D eigenvalue weighted by Gasteiger charge is 2.28. The first kappa shape index (κ1) is 17.2. The molecule has 132 valence electrons. The molecule has 0 radical (unpaired) electrons. The number of methoxy groups -OCH3 is 2. The summed E-state index contributed by atoms with van der Waals surface area (Å²) >= 11 is 0. The molecule has 25 heavy (non-hydrogen) atoms. The van der Waals surface area contributed by atoms with Crippen molar-refractivity contribution in [2.45, 2.75) is 12.6 Å². The van der Waals surface area contributed by atoms with Crippen LogP contribution in [0.3, 0.4) is 0 Å². The zero-order valence-electron chi connectivity index (χ0n) is 14.2. The maximum Gasteiger partial charge on any atom is 0.249 e. The van der Waals surface area contributed by atoms with E-state index in [1.54, 1.807) is 37.3 Å². The average molecular weight is 345 g/mol. The molecule has 1 aliphatic rings. The molecule has 0 saturated carbocycles. The van der Waals surface area contributed by atoms with Gasteiger partial charge in [-0.15, -0.1) is 0 Å². The predicted octanol–water partition coefficient (Wildman–Crippen LogP) is 2.94. The Hall–Kier alpha value is -2.60. The summed E-state index contributed by atoms with van der Waals surface area (Å²) in [4.78, 5) is 14.0. The normalized spacial score (nSPS) is 17.5. The number of nitrogens with zero attached hydrogens (tertiary/aromatic N) is 1. The quantitative estimate of drug-likeness (QED) is 0.836. The van der Waals surface area contributed by atoms with Crippen molar-refractivity contribution in [3.8, 4) is 11.5 Å². The SMILES string of the molecule is COc1ccc(CN2CC(c3ccc(F)cc3)OCC2=O)c(OC)c1. The number of rotatable bonds is 5. The monoisotopic (exact) mass is 345 g/mol. The smallest absolute Gasteiger partial charge is 0.249 e. The van der Waals surface area contributed by atoms with Crippen LogP contribution in [0.4, 0.5) is 4.39 Å². The Balaban J connectivity index is 1.77. The topological polar surface area (TPSA) is 48.0 Å². The largest absolute Gasteiger partial charge is 0.497 e. The van der Waals surface area contributed by atoms with Gasteiger partial charge in [0.2, 0.25) is 5.91 Å². The number of halogens is 1. The van der Waals surface area contributed by atoms with E-state index in [0.717, 1.165) is 11.1 Å². The maximum atomic E-state index is 13.1. The molecule has 1 saturated heterocycles. The van der Waals surface area contributed by atoms with Crippen molar-refractivity contribution >= 4 is 5.91 Å². The van der Waals surface area contributed by atoms with E-state index in [1.807, 2.05) is 12.1 Å². The lowest BCUT2D eigenvalue weighted by atomic mass is 10.1. The van der Waals surface area contributed by atoms with E-state index < -0.39 is 0 Å². The summed E-state index contributed by atoms with van der Waals surface area (Å²) in [6.07, 6.45) is -0.275. The molecule has 6 heteroatoms. The van der Waals surface area contributed by atoms with Gasteiger partial charge in [-0.05, 0) is 29.8 Å². The fourth-order valence-electron chi connectivity index (χ4n) is 2.84. The minimum atomic E-state index is -0.296. The molecule has 0 aliphatic carbocycles. The average Bonchev–Trinajstić information content (AvgIpc) is 2.64. The molecular weight excluding hydrogens is 325 g/mol. The molecular formula is C19H20FNO4. The lowest BCUT2D eigenvalue weighted by molar-refractivity contribution is -0.150. The standard InChI is InChI=1S/C19H20FNO4/c1-23-16-8-5-14(17(9-16)24-2)10-21-11-18(25-12-19(21)22)13-3-6-15(20)7-4-13/h3-9,18H,10-12H2,1-2H3. The van der Waals surface area contributed by atoms with Crippen molar-refractivity contribution in [3.05, 3.63) is 59.4 Å². The Morgan fingerprint density at radius 2 is 1.92 bits per heavy atom. The molecule has 1 aliphatic heterocycles. The molecule has 0 N–H and O–H groups in total. The van der Waals surface area contributed by atoms with Crippen molar-refractivity contribution in [1.82, 2.24) is 4.90 Å². The highest BCUT2D eigenvalue weighted by Crippen LogP contribution is 2.28. The van der Waals surface area contributed by atoms with Crippen molar-refractivity contribution < 1.29 is 23.4 Å². The summed E-state index contributed by atoms with van der Waals surface area (Å²) in [5.41, 5.74) is 1.73. The van der Waals surface area contributed by atoms with Crippen LogP contribution in [0.2, 0.25) is 0 Å². The minimum Gasteiger partial charge on any atom is -0.497 e. The number of benzene rings is 2. The molecule has 0 spiro atoms. The minimum absolute atomic E-state index is 0.000509. The van der Waals surface area contributed by atoms with Crippen LogP contribution >= 0.6 is 0 Å². The highest BCUT2D eigenvalue weighted by molar-refractivity contribution is 5.78. The van der Waals surface area contributed by atoms with E-state index in [0.29, 0.717) is 24.6 Å². The van der Waals surface area contributed by atoms with Crippen LogP contribution in [-0.2, 0) is 16.1 Å². The van der Waals surface area contributed by atoms with E-state index in [-0.39, 0.29) is 24.4 Å². The molecule has 1 unspecified atom stereocenters. The lowest BCUT2D eigenvalue weighted by Crippen LogP contribution is -2.42. The van der Waals surface area contributed by atoms with E-state index in [9.17, 15) is 9.18 Å². The summed E-state index contributed by atoms with van der Waals surface area (Å²) in [6, 6.07) is 11.7. The van der Waals surface area contributed by atoms with Gasteiger partial charge in [-0.2, -0.15) is 0 Å². The highest BCUT2D eigenvalue weighted by atomic mass is 19.1. The Morgan fingerprint density at radius 3 is 2.60 bits per heavy atom. The second-order valence-corrected chi connectivity index (χ2v) is 5.80. The van der Waals surface area contributed by atoms with Gasteiger partial charge in [-0.1, -0.05) is 12.1 Å². The number of hydrogen-bond acceptors (Lipinski definition) is 4. The van der Waals surface area contributed by atoms with Crippen molar-refractivity contribution in [3.63, 3.8) is 0 Å². The Labute approximate surface area is 145 Å². The Kier molecular flexibility index (Phi) is 5.19. The number of carbonyl (C=O) groups excluding carboxylic acids is 1. The van der Waals surface area contributed by atoms with E-state index in [1.165, 1.54) is 12.1 Å². The summed E-state index contributed by atoms with van der Waals surface area (Å²) in [6.45, 7) is 0.813. The number of hydrogen-bond donors (Lipinski definition) is 0. The Morgan fingerprint density at radius 1 is 1.16 bits per heavy atom.